The first-order valence-corrected chi connectivity index (χ1v) is 8.32. The van der Waals surface area contributed by atoms with E-state index in [1.54, 1.807) is 0 Å². The summed E-state index contributed by atoms with van der Waals surface area (Å²) in [6.45, 7) is 7.73. The van der Waals surface area contributed by atoms with Crippen molar-refractivity contribution in [3.05, 3.63) is 27.7 Å². The minimum atomic E-state index is 0.310. The van der Waals surface area contributed by atoms with E-state index in [1.807, 2.05) is 0 Å². The summed E-state index contributed by atoms with van der Waals surface area (Å²) < 4.78 is 6.98. The molecule has 0 saturated carbocycles. The molecule has 1 heterocycles. The average Bonchev–Trinajstić information content (AvgIpc) is 2.80. The van der Waals surface area contributed by atoms with Crippen LogP contribution in [0.4, 0.5) is 0 Å². The molecule has 2 rings (SSSR count). The first kappa shape index (κ1) is 15.8. The molecule has 1 unspecified atom stereocenters. The summed E-state index contributed by atoms with van der Waals surface area (Å²) in [4.78, 5) is 0. The van der Waals surface area contributed by atoms with E-state index in [9.17, 15) is 0 Å². The summed E-state index contributed by atoms with van der Waals surface area (Å²) in [6.07, 6.45) is 4.52. The molecule has 0 fully saturated rings. The van der Waals surface area contributed by atoms with Gasteiger partial charge in [0.05, 0.1) is 6.61 Å². The van der Waals surface area contributed by atoms with Gasteiger partial charge in [-0.3, -0.25) is 0 Å². The minimum Gasteiger partial charge on any atom is -0.493 e. The SMILES string of the molecule is CNC(CCCc1cc(Br)cc2c1OCC2)C(C)(C)C. The van der Waals surface area contributed by atoms with Crippen molar-refractivity contribution < 1.29 is 4.74 Å². The van der Waals surface area contributed by atoms with Gasteiger partial charge in [0.15, 0.2) is 0 Å². The summed E-state index contributed by atoms with van der Waals surface area (Å²) in [7, 11) is 2.07. The zero-order valence-corrected chi connectivity index (χ0v) is 14.6. The monoisotopic (exact) mass is 339 g/mol. The second-order valence-corrected chi connectivity index (χ2v) is 7.67. The molecule has 0 saturated heterocycles. The Kier molecular flexibility index (Phi) is 5.14. The van der Waals surface area contributed by atoms with Gasteiger partial charge < -0.3 is 10.1 Å². The Morgan fingerprint density at radius 1 is 1.35 bits per heavy atom. The number of nitrogens with one attached hydrogen (secondary N) is 1. The van der Waals surface area contributed by atoms with E-state index in [-0.39, 0.29) is 0 Å². The zero-order chi connectivity index (χ0) is 14.8. The molecule has 0 aromatic heterocycles. The lowest BCUT2D eigenvalue weighted by Gasteiger charge is -2.30. The largest absolute Gasteiger partial charge is 0.493 e. The third-order valence-corrected chi connectivity index (χ3v) is 4.62. The van der Waals surface area contributed by atoms with E-state index in [1.165, 1.54) is 28.4 Å². The number of fused-ring (bicyclic) bond motifs is 1. The van der Waals surface area contributed by atoms with Crippen LogP contribution in [-0.2, 0) is 12.8 Å². The summed E-state index contributed by atoms with van der Waals surface area (Å²) in [5.41, 5.74) is 3.02. The van der Waals surface area contributed by atoms with Gasteiger partial charge in [0.2, 0.25) is 0 Å². The van der Waals surface area contributed by atoms with Crippen LogP contribution in [0, 0.1) is 5.41 Å². The Balaban J connectivity index is 1.98. The van der Waals surface area contributed by atoms with Crippen molar-refractivity contribution in [1.29, 1.82) is 0 Å². The molecule has 20 heavy (non-hydrogen) atoms. The third kappa shape index (κ3) is 3.76. The Labute approximate surface area is 131 Å². The second-order valence-electron chi connectivity index (χ2n) is 6.75. The molecule has 1 aliphatic heterocycles. The summed E-state index contributed by atoms with van der Waals surface area (Å²) >= 11 is 3.61. The van der Waals surface area contributed by atoms with E-state index < -0.39 is 0 Å². The van der Waals surface area contributed by atoms with Crippen molar-refractivity contribution in [2.24, 2.45) is 5.41 Å². The number of halogens is 1. The molecular formula is C17H26BrNO. The van der Waals surface area contributed by atoms with Crippen LogP contribution in [-0.4, -0.2) is 19.7 Å². The van der Waals surface area contributed by atoms with Crippen molar-refractivity contribution >= 4 is 15.9 Å². The highest BCUT2D eigenvalue weighted by molar-refractivity contribution is 9.10. The molecule has 0 aliphatic carbocycles. The van der Waals surface area contributed by atoms with E-state index in [0.29, 0.717) is 11.5 Å². The van der Waals surface area contributed by atoms with Crippen LogP contribution in [0.3, 0.4) is 0 Å². The number of aryl methyl sites for hydroxylation is 1. The van der Waals surface area contributed by atoms with Gasteiger partial charge in [-0.15, -0.1) is 0 Å². The molecule has 0 radical (unpaired) electrons. The Bertz CT molecular complexity index is 465. The molecule has 3 heteroatoms. The lowest BCUT2D eigenvalue weighted by molar-refractivity contribution is 0.263. The molecule has 1 aromatic carbocycles. The van der Waals surface area contributed by atoms with Gasteiger partial charge in [0.25, 0.3) is 0 Å². The predicted octanol–water partition coefficient (Wildman–Crippen LogP) is 4.34. The molecule has 1 aromatic rings. The van der Waals surface area contributed by atoms with E-state index in [2.05, 4.69) is 61.2 Å². The van der Waals surface area contributed by atoms with Gasteiger partial charge >= 0.3 is 0 Å². The molecule has 1 N–H and O–H groups in total. The second kappa shape index (κ2) is 6.48. The molecule has 1 atom stereocenters. The van der Waals surface area contributed by atoms with Gasteiger partial charge in [0.1, 0.15) is 5.75 Å². The Hall–Kier alpha value is -0.540. The zero-order valence-electron chi connectivity index (χ0n) is 13.1. The van der Waals surface area contributed by atoms with Crippen molar-refractivity contribution in [3.8, 4) is 5.75 Å². The highest BCUT2D eigenvalue weighted by Gasteiger charge is 2.23. The smallest absolute Gasteiger partial charge is 0.125 e. The van der Waals surface area contributed by atoms with Crippen LogP contribution in [0.5, 0.6) is 5.75 Å². The third-order valence-electron chi connectivity index (χ3n) is 4.16. The van der Waals surface area contributed by atoms with Crippen molar-refractivity contribution in [1.82, 2.24) is 5.32 Å². The summed E-state index contributed by atoms with van der Waals surface area (Å²) in [5, 5.41) is 3.45. The maximum Gasteiger partial charge on any atom is 0.125 e. The molecule has 2 nitrogen and oxygen atoms in total. The fourth-order valence-corrected chi connectivity index (χ4v) is 3.59. The number of hydrogen-bond donors (Lipinski definition) is 1. The van der Waals surface area contributed by atoms with Crippen molar-refractivity contribution in [3.63, 3.8) is 0 Å². The van der Waals surface area contributed by atoms with E-state index in [0.717, 1.165) is 25.2 Å². The van der Waals surface area contributed by atoms with Gasteiger partial charge in [-0.1, -0.05) is 36.7 Å². The minimum absolute atomic E-state index is 0.310. The number of ether oxygens (including phenoxy) is 1. The summed E-state index contributed by atoms with van der Waals surface area (Å²) in [6, 6.07) is 4.97. The van der Waals surface area contributed by atoms with Gasteiger partial charge in [-0.2, -0.15) is 0 Å². The lowest BCUT2D eigenvalue weighted by atomic mass is 9.83. The van der Waals surface area contributed by atoms with Crippen LogP contribution in [0.1, 0.15) is 44.7 Å². The van der Waals surface area contributed by atoms with E-state index >= 15 is 0 Å². The van der Waals surface area contributed by atoms with Gasteiger partial charge in [-0.25, -0.2) is 0 Å². The van der Waals surface area contributed by atoms with Gasteiger partial charge in [0, 0.05) is 16.9 Å². The molecule has 1 aliphatic rings. The Morgan fingerprint density at radius 2 is 2.10 bits per heavy atom. The van der Waals surface area contributed by atoms with Crippen molar-refractivity contribution in [2.75, 3.05) is 13.7 Å². The van der Waals surface area contributed by atoms with Crippen LogP contribution >= 0.6 is 15.9 Å². The first-order valence-electron chi connectivity index (χ1n) is 7.53. The highest BCUT2D eigenvalue weighted by Crippen LogP contribution is 2.34. The molecule has 0 bridgehead atoms. The molecular weight excluding hydrogens is 314 g/mol. The van der Waals surface area contributed by atoms with Crippen LogP contribution < -0.4 is 10.1 Å². The van der Waals surface area contributed by atoms with E-state index in [4.69, 9.17) is 4.74 Å². The van der Waals surface area contributed by atoms with Crippen molar-refractivity contribution in [2.45, 2.75) is 52.5 Å². The maximum atomic E-state index is 5.80. The van der Waals surface area contributed by atoms with Crippen LogP contribution in [0.2, 0.25) is 0 Å². The fourth-order valence-electron chi connectivity index (χ4n) is 3.04. The first-order chi connectivity index (χ1) is 9.41. The molecule has 0 amide bonds. The quantitative estimate of drug-likeness (QED) is 0.861. The molecule has 112 valence electrons. The van der Waals surface area contributed by atoms with Crippen LogP contribution in [0.15, 0.2) is 16.6 Å². The topological polar surface area (TPSA) is 21.3 Å². The number of hydrogen-bond acceptors (Lipinski definition) is 2. The standard InChI is InChI=1S/C17H26BrNO/c1-17(2,3)15(19-4)7-5-6-12-10-14(18)11-13-8-9-20-16(12)13/h10-11,15,19H,5-9H2,1-4H3. The number of benzene rings is 1. The Morgan fingerprint density at radius 3 is 2.75 bits per heavy atom. The summed E-state index contributed by atoms with van der Waals surface area (Å²) in [5.74, 6) is 1.14. The van der Waals surface area contributed by atoms with Gasteiger partial charge in [-0.05, 0) is 55.0 Å². The highest BCUT2D eigenvalue weighted by atomic mass is 79.9. The lowest BCUT2D eigenvalue weighted by Crippen LogP contribution is -2.37. The maximum absolute atomic E-state index is 5.80. The predicted molar refractivity (Wildman–Crippen MR) is 88.6 cm³/mol. The normalized spacial score (nSPS) is 15.8. The fraction of sp³-hybridized carbons (Fsp3) is 0.647. The molecule has 0 spiro atoms. The number of rotatable bonds is 5. The van der Waals surface area contributed by atoms with Crippen LogP contribution in [0.25, 0.3) is 0 Å². The average molecular weight is 340 g/mol.